The molecule has 0 saturated heterocycles. The van der Waals surface area contributed by atoms with Crippen LogP contribution in [-0.2, 0) is 9.47 Å². The number of ether oxygens (including phenoxy) is 2. The van der Waals surface area contributed by atoms with E-state index in [1.165, 1.54) is 0 Å². The molecule has 4 nitrogen and oxygen atoms in total. The zero-order valence-corrected chi connectivity index (χ0v) is 8.88. The lowest BCUT2D eigenvalue weighted by molar-refractivity contribution is 0.123. The second-order valence-corrected chi connectivity index (χ2v) is 3.54. The molecule has 0 aliphatic rings. The van der Waals surface area contributed by atoms with E-state index >= 15 is 0 Å². The average molecular weight is 190 g/mol. The normalized spacial score (nSPS) is 14.5. The maximum atomic E-state index is 5.93. The molecule has 0 aliphatic carbocycles. The summed E-state index contributed by atoms with van der Waals surface area (Å²) >= 11 is 0. The summed E-state index contributed by atoms with van der Waals surface area (Å²) < 4.78 is 9.91. The first-order valence-corrected chi connectivity index (χ1v) is 4.60. The van der Waals surface area contributed by atoms with Gasteiger partial charge < -0.3 is 20.9 Å². The van der Waals surface area contributed by atoms with Crippen LogP contribution >= 0.6 is 0 Å². The molecule has 1 atom stereocenters. The number of rotatable bonds is 7. The molecule has 4 N–H and O–H groups in total. The summed E-state index contributed by atoms with van der Waals surface area (Å²) in [7, 11) is 3.33. The molecule has 0 aliphatic heterocycles. The minimum Gasteiger partial charge on any atom is -0.385 e. The van der Waals surface area contributed by atoms with Gasteiger partial charge in [-0.25, -0.2) is 0 Å². The van der Waals surface area contributed by atoms with E-state index < -0.39 is 5.66 Å². The number of hydrogen-bond acceptors (Lipinski definition) is 4. The fraction of sp³-hybridized carbons (Fsp3) is 1.00. The van der Waals surface area contributed by atoms with Gasteiger partial charge in [0.25, 0.3) is 0 Å². The third-order valence-electron chi connectivity index (χ3n) is 2.41. The molecule has 0 amide bonds. The van der Waals surface area contributed by atoms with Crippen molar-refractivity contribution in [2.24, 2.45) is 17.4 Å². The van der Waals surface area contributed by atoms with Crippen molar-refractivity contribution in [3.05, 3.63) is 0 Å². The molecule has 1 unspecified atom stereocenters. The van der Waals surface area contributed by atoms with E-state index in [1.807, 2.05) is 6.92 Å². The summed E-state index contributed by atoms with van der Waals surface area (Å²) in [6, 6.07) is 0. The van der Waals surface area contributed by atoms with Gasteiger partial charge in [-0.15, -0.1) is 0 Å². The summed E-state index contributed by atoms with van der Waals surface area (Å²) in [6.07, 6.45) is 1.56. The maximum Gasteiger partial charge on any atom is 0.0686 e. The predicted molar refractivity (Wildman–Crippen MR) is 53.3 cm³/mol. The van der Waals surface area contributed by atoms with Gasteiger partial charge in [0.15, 0.2) is 0 Å². The molecular formula is C9H22N2O2. The monoisotopic (exact) mass is 190 g/mol. The fourth-order valence-corrected chi connectivity index (χ4v) is 1.09. The summed E-state index contributed by atoms with van der Waals surface area (Å²) in [4.78, 5) is 0. The Morgan fingerprint density at radius 2 is 1.69 bits per heavy atom. The van der Waals surface area contributed by atoms with Gasteiger partial charge in [0.05, 0.1) is 5.66 Å². The van der Waals surface area contributed by atoms with Crippen molar-refractivity contribution in [1.29, 1.82) is 0 Å². The maximum absolute atomic E-state index is 5.93. The third kappa shape index (κ3) is 5.21. The van der Waals surface area contributed by atoms with Gasteiger partial charge in [0, 0.05) is 33.9 Å². The van der Waals surface area contributed by atoms with E-state index in [9.17, 15) is 0 Å². The van der Waals surface area contributed by atoms with Gasteiger partial charge in [0.2, 0.25) is 0 Å². The summed E-state index contributed by atoms with van der Waals surface area (Å²) in [6.45, 7) is 3.34. The smallest absolute Gasteiger partial charge is 0.0686 e. The topological polar surface area (TPSA) is 70.5 Å². The second kappa shape index (κ2) is 6.32. The van der Waals surface area contributed by atoms with E-state index in [0.29, 0.717) is 19.6 Å². The standard InChI is InChI=1S/C9H22N2O2/c1-8(4-6-12-2)9(10,11)5-7-13-3/h8H,4-7,10-11H2,1-3H3. The second-order valence-electron chi connectivity index (χ2n) is 3.54. The van der Waals surface area contributed by atoms with Crippen molar-refractivity contribution in [3.8, 4) is 0 Å². The lowest BCUT2D eigenvalue weighted by atomic mass is 9.90. The first-order chi connectivity index (χ1) is 6.04. The van der Waals surface area contributed by atoms with E-state index in [1.54, 1.807) is 14.2 Å². The molecule has 0 heterocycles. The van der Waals surface area contributed by atoms with Crippen LogP contribution < -0.4 is 11.5 Å². The molecule has 0 aromatic rings. The molecule has 0 spiro atoms. The minimum atomic E-state index is -0.644. The van der Waals surface area contributed by atoms with Gasteiger partial charge in [-0.2, -0.15) is 0 Å². The fourth-order valence-electron chi connectivity index (χ4n) is 1.09. The molecule has 0 aromatic heterocycles. The Balaban J connectivity index is 3.80. The molecule has 4 heteroatoms. The Hall–Kier alpha value is -0.160. The molecular weight excluding hydrogens is 168 g/mol. The Kier molecular flexibility index (Phi) is 6.24. The van der Waals surface area contributed by atoms with E-state index in [0.717, 1.165) is 6.42 Å². The van der Waals surface area contributed by atoms with Gasteiger partial charge in [0.1, 0.15) is 0 Å². The molecule has 0 bridgehead atoms. The van der Waals surface area contributed by atoms with Crippen LogP contribution in [0.4, 0.5) is 0 Å². The number of hydrogen-bond donors (Lipinski definition) is 2. The zero-order valence-electron chi connectivity index (χ0n) is 8.88. The van der Waals surface area contributed by atoms with Crippen molar-refractivity contribution >= 4 is 0 Å². The lowest BCUT2D eigenvalue weighted by Crippen LogP contribution is -2.55. The predicted octanol–water partition coefficient (Wildman–Crippen LogP) is 0.309. The lowest BCUT2D eigenvalue weighted by Gasteiger charge is -2.31. The summed E-state index contributed by atoms with van der Waals surface area (Å²) in [5.74, 6) is 0.239. The van der Waals surface area contributed by atoms with Crippen LogP contribution in [0.2, 0.25) is 0 Å². The van der Waals surface area contributed by atoms with Crippen molar-refractivity contribution in [2.75, 3.05) is 27.4 Å². The zero-order chi connectivity index (χ0) is 10.3. The molecule has 0 fully saturated rings. The Morgan fingerprint density at radius 3 is 2.15 bits per heavy atom. The summed E-state index contributed by atoms with van der Waals surface area (Å²) in [5, 5.41) is 0. The van der Waals surface area contributed by atoms with E-state index in [-0.39, 0.29) is 5.92 Å². The van der Waals surface area contributed by atoms with Crippen LogP contribution in [0.15, 0.2) is 0 Å². The Morgan fingerprint density at radius 1 is 1.15 bits per heavy atom. The minimum absolute atomic E-state index is 0.239. The summed E-state index contributed by atoms with van der Waals surface area (Å²) in [5.41, 5.74) is 11.2. The van der Waals surface area contributed by atoms with Crippen LogP contribution in [0.3, 0.4) is 0 Å². The van der Waals surface area contributed by atoms with Crippen LogP contribution in [0, 0.1) is 5.92 Å². The highest BCUT2D eigenvalue weighted by atomic mass is 16.5. The molecule has 0 radical (unpaired) electrons. The van der Waals surface area contributed by atoms with Crippen LogP contribution in [0.5, 0.6) is 0 Å². The quantitative estimate of drug-likeness (QED) is 0.567. The van der Waals surface area contributed by atoms with Gasteiger partial charge in [-0.3, -0.25) is 0 Å². The largest absolute Gasteiger partial charge is 0.385 e. The average Bonchev–Trinajstić information content (AvgIpc) is 2.10. The molecule has 0 saturated carbocycles. The van der Waals surface area contributed by atoms with Crippen molar-refractivity contribution in [2.45, 2.75) is 25.4 Å². The van der Waals surface area contributed by atoms with Gasteiger partial charge in [-0.05, 0) is 12.3 Å². The number of nitrogens with two attached hydrogens (primary N) is 2. The van der Waals surface area contributed by atoms with E-state index in [2.05, 4.69) is 0 Å². The molecule has 0 aromatic carbocycles. The van der Waals surface area contributed by atoms with Crippen LogP contribution in [0.1, 0.15) is 19.8 Å². The highest BCUT2D eigenvalue weighted by Gasteiger charge is 2.26. The van der Waals surface area contributed by atoms with Gasteiger partial charge in [-0.1, -0.05) is 6.92 Å². The van der Waals surface area contributed by atoms with Crippen molar-refractivity contribution in [3.63, 3.8) is 0 Å². The Bertz CT molecular complexity index is 129. The van der Waals surface area contributed by atoms with Crippen molar-refractivity contribution < 1.29 is 9.47 Å². The van der Waals surface area contributed by atoms with Gasteiger partial charge >= 0.3 is 0 Å². The Labute approximate surface area is 80.6 Å². The number of methoxy groups -OCH3 is 2. The third-order valence-corrected chi connectivity index (χ3v) is 2.41. The highest BCUT2D eigenvalue weighted by Crippen LogP contribution is 2.16. The highest BCUT2D eigenvalue weighted by molar-refractivity contribution is 4.82. The SMILES string of the molecule is COCCC(C)C(N)(N)CCOC. The van der Waals surface area contributed by atoms with Crippen molar-refractivity contribution in [1.82, 2.24) is 0 Å². The van der Waals surface area contributed by atoms with E-state index in [4.69, 9.17) is 20.9 Å². The molecule has 80 valence electrons. The van der Waals surface area contributed by atoms with Crippen LogP contribution in [0.25, 0.3) is 0 Å². The van der Waals surface area contributed by atoms with Crippen LogP contribution in [-0.4, -0.2) is 33.1 Å². The molecule has 13 heavy (non-hydrogen) atoms. The molecule has 0 rings (SSSR count). The first kappa shape index (κ1) is 12.8. The first-order valence-electron chi connectivity index (χ1n) is 4.60.